The summed E-state index contributed by atoms with van der Waals surface area (Å²) in [7, 11) is 4.46. The number of hydrogen-bond acceptors (Lipinski definition) is 7. The standard InChI is InChI=1S/C20H19NO6S/c1-25-14-9-13(10-15(26-2)18(14)27-3)17(22)12-6-4-5-11(7-12)8-16-19(23)21-20(24)28-16/h4-7,9-10,16H,8H2,1-3H3,(H,21,23,24). The maximum absolute atomic E-state index is 13.0. The third kappa shape index (κ3) is 3.96. The maximum atomic E-state index is 13.0. The highest BCUT2D eigenvalue weighted by Crippen LogP contribution is 2.38. The number of amides is 2. The number of ketones is 1. The topological polar surface area (TPSA) is 90.9 Å². The summed E-state index contributed by atoms with van der Waals surface area (Å²) in [5.74, 6) is 0.652. The van der Waals surface area contributed by atoms with Crippen LogP contribution in [0.3, 0.4) is 0 Å². The highest BCUT2D eigenvalue weighted by atomic mass is 32.2. The molecule has 0 spiro atoms. The van der Waals surface area contributed by atoms with Gasteiger partial charge in [0.25, 0.3) is 5.24 Å². The average Bonchev–Trinajstić information content (AvgIpc) is 3.02. The van der Waals surface area contributed by atoms with Crippen molar-refractivity contribution in [1.29, 1.82) is 0 Å². The Bertz CT molecular complexity index is 917. The van der Waals surface area contributed by atoms with Crippen LogP contribution in [0.4, 0.5) is 4.79 Å². The SMILES string of the molecule is COc1cc(C(=O)c2cccc(CC3SC(=O)NC3=O)c2)cc(OC)c1OC. The van der Waals surface area contributed by atoms with Gasteiger partial charge >= 0.3 is 0 Å². The largest absolute Gasteiger partial charge is 0.493 e. The predicted octanol–water partition coefficient (Wildman–Crippen LogP) is 2.84. The molecule has 146 valence electrons. The number of methoxy groups -OCH3 is 3. The Morgan fingerprint density at radius 1 is 1.00 bits per heavy atom. The van der Waals surface area contributed by atoms with Crippen LogP contribution >= 0.6 is 11.8 Å². The van der Waals surface area contributed by atoms with Gasteiger partial charge in [0, 0.05) is 11.1 Å². The summed E-state index contributed by atoms with van der Waals surface area (Å²) in [6.45, 7) is 0. The fourth-order valence-electron chi connectivity index (χ4n) is 2.96. The monoisotopic (exact) mass is 401 g/mol. The molecule has 2 aromatic rings. The van der Waals surface area contributed by atoms with Gasteiger partial charge in [-0.2, -0.15) is 0 Å². The van der Waals surface area contributed by atoms with Crippen LogP contribution in [0.5, 0.6) is 17.2 Å². The maximum Gasteiger partial charge on any atom is 0.286 e. The minimum absolute atomic E-state index is 0.222. The number of rotatable bonds is 7. The summed E-state index contributed by atoms with van der Waals surface area (Å²) in [6.07, 6.45) is 0.360. The Labute approximate surface area is 166 Å². The summed E-state index contributed by atoms with van der Waals surface area (Å²) in [6, 6.07) is 10.2. The van der Waals surface area contributed by atoms with E-state index in [-0.39, 0.29) is 16.9 Å². The molecule has 1 saturated heterocycles. The molecule has 0 radical (unpaired) electrons. The van der Waals surface area contributed by atoms with Crippen LogP contribution in [-0.2, 0) is 11.2 Å². The third-order valence-electron chi connectivity index (χ3n) is 4.30. The number of hydrogen-bond donors (Lipinski definition) is 1. The van der Waals surface area contributed by atoms with Crippen LogP contribution in [0.15, 0.2) is 36.4 Å². The Hall–Kier alpha value is -3.00. The van der Waals surface area contributed by atoms with E-state index in [1.54, 1.807) is 30.3 Å². The first-order chi connectivity index (χ1) is 13.5. The Kier molecular flexibility index (Phi) is 5.89. The normalized spacial score (nSPS) is 15.9. The Morgan fingerprint density at radius 2 is 1.68 bits per heavy atom. The van der Waals surface area contributed by atoms with Gasteiger partial charge in [-0.15, -0.1) is 0 Å². The summed E-state index contributed by atoms with van der Waals surface area (Å²) >= 11 is 0.962. The Balaban J connectivity index is 1.89. The van der Waals surface area contributed by atoms with Crippen molar-refractivity contribution in [2.75, 3.05) is 21.3 Å². The smallest absolute Gasteiger partial charge is 0.286 e. The highest BCUT2D eigenvalue weighted by molar-refractivity contribution is 8.15. The van der Waals surface area contributed by atoms with E-state index in [1.807, 2.05) is 6.07 Å². The summed E-state index contributed by atoms with van der Waals surface area (Å²) in [5, 5.41) is 1.43. The van der Waals surface area contributed by atoms with Gasteiger partial charge in [0.2, 0.25) is 11.7 Å². The van der Waals surface area contributed by atoms with Gasteiger partial charge < -0.3 is 14.2 Å². The first-order valence-electron chi connectivity index (χ1n) is 8.42. The van der Waals surface area contributed by atoms with E-state index >= 15 is 0 Å². The summed E-state index contributed by atoms with van der Waals surface area (Å²) in [5.41, 5.74) is 1.64. The number of imide groups is 1. The number of carbonyl (C=O) groups is 3. The lowest BCUT2D eigenvalue weighted by Gasteiger charge is -2.14. The highest BCUT2D eigenvalue weighted by Gasteiger charge is 2.31. The third-order valence-corrected chi connectivity index (χ3v) is 5.29. The molecule has 2 aromatic carbocycles. The van der Waals surface area contributed by atoms with Crippen molar-refractivity contribution < 1.29 is 28.6 Å². The van der Waals surface area contributed by atoms with Crippen LogP contribution < -0.4 is 19.5 Å². The molecule has 3 rings (SSSR count). The molecule has 2 amide bonds. The number of ether oxygens (including phenoxy) is 3. The quantitative estimate of drug-likeness (QED) is 0.714. The number of benzene rings is 2. The van der Waals surface area contributed by atoms with Crippen LogP contribution in [-0.4, -0.2) is 43.5 Å². The number of carbonyl (C=O) groups excluding carboxylic acids is 3. The zero-order valence-electron chi connectivity index (χ0n) is 15.6. The predicted molar refractivity (Wildman–Crippen MR) is 105 cm³/mol. The molecule has 1 N–H and O–H groups in total. The van der Waals surface area contributed by atoms with E-state index in [2.05, 4.69) is 5.32 Å². The summed E-state index contributed by atoms with van der Waals surface area (Å²) in [4.78, 5) is 36.1. The number of thioether (sulfide) groups is 1. The molecule has 7 nitrogen and oxygen atoms in total. The van der Waals surface area contributed by atoms with E-state index in [1.165, 1.54) is 21.3 Å². The molecule has 8 heteroatoms. The minimum atomic E-state index is -0.487. The van der Waals surface area contributed by atoms with Gasteiger partial charge in [-0.3, -0.25) is 19.7 Å². The second-order valence-electron chi connectivity index (χ2n) is 6.03. The zero-order chi connectivity index (χ0) is 20.3. The van der Waals surface area contributed by atoms with Crippen molar-refractivity contribution in [2.24, 2.45) is 0 Å². The lowest BCUT2D eigenvalue weighted by atomic mass is 9.99. The van der Waals surface area contributed by atoms with Crippen molar-refractivity contribution in [3.63, 3.8) is 0 Å². The van der Waals surface area contributed by atoms with Gasteiger partial charge in [-0.25, -0.2) is 0 Å². The molecule has 0 aromatic heterocycles. The van der Waals surface area contributed by atoms with E-state index < -0.39 is 5.25 Å². The minimum Gasteiger partial charge on any atom is -0.493 e. The molecular weight excluding hydrogens is 382 g/mol. The molecule has 0 bridgehead atoms. The molecule has 0 saturated carbocycles. The molecule has 1 heterocycles. The fourth-order valence-corrected chi connectivity index (χ4v) is 3.82. The van der Waals surface area contributed by atoms with Crippen LogP contribution in [0.1, 0.15) is 21.5 Å². The first-order valence-corrected chi connectivity index (χ1v) is 9.30. The van der Waals surface area contributed by atoms with Crippen molar-refractivity contribution >= 4 is 28.7 Å². The molecule has 1 unspecified atom stereocenters. The lowest BCUT2D eigenvalue weighted by molar-refractivity contribution is -0.118. The molecule has 1 atom stereocenters. The number of nitrogens with one attached hydrogen (secondary N) is 1. The molecule has 1 aliphatic heterocycles. The van der Waals surface area contributed by atoms with Crippen molar-refractivity contribution in [3.05, 3.63) is 53.1 Å². The van der Waals surface area contributed by atoms with Crippen molar-refractivity contribution in [3.8, 4) is 17.2 Å². The molecule has 1 fully saturated rings. The average molecular weight is 401 g/mol. The lowest BCUT2D eigenvalue weighted by Crippen LogP contribution is -2.25. The molecular formula is C20H19NO6S. The Morgan fingerprint density at radius 3 is 2.21 bits per heavy atom. The molecule has 1 aliphatic rings. The second kappa shape index (κ2) is 8.35. The summed E-state index contributed by atoms with van der Waals surface area (Å²) < 4.78 is 15.9. The van der Waals surface area contributed by atoms with Gasteiger partial charge in [-0.1, -0.05) is 30.0 Å². The fraction of sp³-hybridized carbons (Fsp3) is 0.250. The van der Waals surface area contributed by atoms with Crippen LogP contribution in [0.2, 0.25) is 0 Å². The van der Waals surface area contributed by atoms with Gasteiger partial charge in [0.1, 0.15) is 0 Å². The van der Waals surface area contributed by atoms with Crippen molar-refractivity contribution in [2.45, 2.75) is 11.7 Å². The van der Waals surface area contributed by atoms with Gasteiger partial charge in [0.15, 0.2) is 17.3 Å². The molecule has 0 aliphatic carbocycles. The molecule has 28 heavy (non-hydrogen) atoms. The van der Waals surface area contributed by atoms with Gasteiger partial charge in [0.05, 0.1) is 26.6 Å². The van der Waals surface area contributed by atoms with E-state index in [0.717, 1.165) is 17.3 Å². The first kappa shape index (κ1) is 19.8. The second-order valence-corrected chi connectivity index (χ2v) is 7.21. The van der Waals surface area contributed by atoms with Crippen LogP contribution in [0.25, 0.3) is 0 Å². The van der Waals surface area contributed by atoms with E-state index in [4.69, 9.17) is 14.2 Å². The van der Waals surface area contributed by atoms with E-state index in [0.29, 0.717) is 34.8 Å². The van der Waals surface area contributed by atoms with Crippen LogP contribution in [0, 0.1) is 0 Å². The van der Waals surface area contributed by atoms with E-state index in [9.17, 15) is 14.4 Å². The van der Waals surface area contributed by atoms with Gasteiger partial charge in [-0.05, 0) is 30.2 Å². The van der Waals surface area contributed by atoms with Crippen molar-refractivity contribution in [1.82, 2.24) is 5.32 Å². The zero-order valence-corrected chi connectivity index (χ0v) is 16.4.